The van der Waals surface area contributed by atoms with E-state index in [4.69, 9.17) is 4.74 Å². The molecule has 0 aliphatic heterocycles. The lowest BCUT2D eigenvalue weighted by atomic mass is 10.3. The van der Waals surface area contributed by atoms with Crippen LogP contribution in [0.25, 0.3) is 0 Å². The predicted molar refractivity (Wildman–Crippen MR) is 81.7 cm³/mol. The maximum Gasteiger partial charge on any atom is 0.240 e. The lowest BCUT2D eigenvalue weighted by Gasteiger charge is -2.08. The Morgan fingerprint density at radius 1 is 1.19 bits per heavy atom. The van der Waals surface area contributed by atoms with Crippen molar-refractivity contribution in [1.82, 2.24) is 4.72 Å². The van der Waals surface area contributed by atoms with Crippen LogP contribution in [0.2, 0.25) is 0 Å². The van der Waals surface area contributed by atoms with Gasteiger partial charge >= 0.3 is 0 Å². The van der Waals surface area contributed by atoms with E-state index in [0.29, 0.717) is 38.3 Å². The van der Waals surface area contributed by atoms with Gasteiger partial charge in [-0.2, -0.15) is 0 Å². The molecule has 0 saturated heterocycles. The van der Waals surface area contributed by atoms with Crippen molar-refractivity contribution in [2.24, 2.45) is 0 Å². The van der Waals surface area contributed by atoms with Crippen LogP contribution in [-0.4, -0.2) is 34.1 Å². The van der Waals surface area contributed by atoms with Gasteiger partial charge in [0.2, 0.25) is 15.9 Å². The summed E-state index contributed by atoms with van der Waals surface area (Å²) in [5, 5.41) is 2.67. The second kappa shape index (κ2) is 8.76. The maximum absolute atomic E-state index is 12.0. The standard InChI is InChI=1S/C14H22N2O4S/c1-3-14(17)16-12-6-8-13(9-7-12)21(18,19)15-10-5-11-20-4-2/h6-9,15H,3-5,10-11H2,1-2H3,(H,16,17). The van der Waals surface area contributed by atoms with Gasteiger partial charge in [-0.25, -0.2) is 13.1 Å². The third-order valence-electron chi connectivity index (χ3n) is 2.73. The molecule has 0 aromatic heterocycles. The minimum atomic E-state index is -3.52. The van der Waals surface area contributed by atoms with E-state index in [1.54, 1.807) is 19.1 Å². The lowest BCUT2D eigenvalue weighted by Crippen LogP contribution is -2.25. The summed E-state index contributed by atoms with van der Waals surface area (Å²) in [6, 6.07) is 6.08. The van der Waals surface area contributed by atoms with Crippen LogP contribution in [0.5, 0.6) is 0 Å². The van der Waals surface area contributed by atoms with Gasteiger partial charge in [-0.15, -0.1) is 0 Å². The van der Waals surface area contributed by atoms with Gasteiger partial charge < -0.3 is 10.1 Å². The molecule has 0 radical (unpaired) electrons. The Kier molecular flexibility index (Phi) is 7.35. The van der Waals surface area contributed by atoms with Crippen LogP contribution in [0.3, 0.4) is 0 Å². The van der Waals surface area contributed by atoms with Crippen molar-refractivity contribution in [3.63, 3.8) is 0 Å². The predicted octanol–water partition coefficient (Wildman–Crippen LogP) is 1.74. The largest absolute Gasteiger partial charge is 0.382 e. The van der Waals surface area contributed by atoms with Crippen molar-refractivity contribution in [2.75, 3.05) is 25.1 Å². The van der Waals surface area contributed by atoms with Crippen molar-refractivity contribution in [1.29, 1.82) is 0 Å². The first-order valence-electron chi connectivity index (χ1n) is 6.97. The summed E-state index contributed by atoms with van der Waals surface area (Å²) in [7, 11) is -3.52. The number of benzene rings is 1. The molecule has 6 nitrogen and oxygen atoms in total. The van der Waals surface area contributed by atoms with Gasteiger partial charge in [0.05, 0.1) is 4.90 Å². The fourth-order valence-corrected chi connectivity index (χ4v) is 2.65. The minimum Gasteiger partial charge on any atom is -0.382 e. The summed E-state index contributed by atoms with van der Waals surface area (Å²) < 4.78 is 31.7. The Balaban J connectivity index is 2.56. The van der Waals surface area contributed by atoms with Gasteiger partial charge in [0, 0.05) is 31.9 Å². The number of ether oxygens (including phenoxy) is 1. The second-order valence-electron chi connectivity index (χ2n) is 4.37. The number of sulfonamides is 1. The number of rotatable bonds is 9. The van der Waals surface area contributed by atoms with Crippen LogP contribution in [0.4, 0.5) is 5.69 Å². The Hall–Kier alpha value is -1.44. The molecule has 0 saturated carbocycles. The summed E-state index contributed by atoms with van der Waals surface area (Å²) in [6.45, 7) is 5.12. The van der Waals surface area contributed by atoms with E-state index in [1.807, 2.05) is 6.92 Å². The fraction of sp³-hybridized carbons (Fsp3) is 0.500. The molecule has 0 aliphatic rings. The van der Waals surface area contributed by atoms with Crippen molar-refractivity contribution >= 4 is 21.6 Å². The van der Waals surface area contributed by atoms with Crippen molar-refractivity contribution in [3.8, 4) is 0 Å². The zero-order chi connectivity index (χ0) is 15.7. The molecule has 7 heteroatoms. The summed E-state index contributed by atoms with van der Waals surface area (Å²) in [5.41, 5.74) is 0.581. The average molecular weight is 314 g/mol. The van der Waals surface area contributed by atoms with Crippen LogP contribution >= 0.6 is 0 Å². The molecular formula is C14H22N2O4S. The average Bonchev–Trinajstić information content (AvgIpc) is 2.47. The quantitative estimate of drug-likeness (QED) is 0.680. The topological polar surface area (TPSA) is 84.5 Å². The molecule has 0 aliphatic carbocycles. The Morgan fingerprint density at radius 3 is 2.43 bits per heavy atom. The van der Waals surface area contributed by atoms with Crippen LogP contribution < -0.4 is 10.0 Å². The summed E-state index contributed by atoms with van der Waals surface area (Å²) >= 11 is 0. The Morgan fingerprint density at radius 2 is 1.86 bits per heavy atom. The maximum atomic E-state index is 12.0. The van der Waals surface area contributed by atoms with E-state index in [1.165, 1.54) is 12.1 Å². The number of hydrogen-bond acceptors (Lipinski definition) is 4. The Labute approximate surface area is 125 Å². The highest BCUT2D eigenvalue weighted by atomic mass is 32.2. The number of carbonyl (C=O) groups is 1. The first-order valence-corrected chi connectivity index (χ1v) is 8.45. The highest BCUT2D eigenvalue weighted by molar-refractivity contribution is 7.89. The molecule has 1 amide bonds. The number of carbonyl (C=O) groups excluding carboxylic acids is 1. The molecule has 0 unspecified atom stereocenters. The molecule has 0 atom stereocenters. The first kappa shape index (κ1) is 17.6. The first-order chi connectivity index (χ1) is 9.99. The molecule has 1 rings (SSSR count). The van der Waals surface area contributed by atoms with Crippen molar-refractivity contribution in [2.45, 2.75) is 31.6 Å². The normalized spacial score (nSPS) is 11.3. The fourth-order valence-electron chi connectivity index (χ4n) is 1.58. The molecule has 0 spiro atoms. The van der Waals surface area contributed by atoms with E-state index in [9.17, 15) is 13.2 Å². The van der Waals surface area contributed by atoms with Crippen LogP contribution in [0, 0.1) is 0 Å². The molecule has 2 N–H and O–H groups in total. The monoisotopic (exact) mass is 314 g/mol. The molecule has 1 aromatic rings. The molecule has 21 heavy (non-hydrogen) atoms. The molecule has 1 aromatic carbocycles. The molecular weight excluding hydrogens is 292 g/mol. The zero-order valence-corrected chi connectivity index (χ0v) is 13.2. The van der Waals surface area contributed by atoms with Gasteiger partial charge in [-0.3, -0.25) is 4.79 Å². The van der Waals surface area contributed by atoms with Gasteiger partial charge in [-0.1, -0.05) is 6.92 Å². The smallest absolute Gasteiger partial charge is 0.240 e. The minimum absolute atomic E-state index is 0.111. The van der Waals surface area contributed by atoms with Crippen LogP contribution in [0.1, 0.15) is 26.7 Å². The van der Waals surface area contributed by atoms with Crippen LogP contribution in [0.15, 0.2) is 29.2 Å². The number of amides is 1. The summed E-state index contributed by atoms with van der Waals surface area (Å²) in [5.74, 6) is -0.111. The van der Waals surface area contributed by atoms with E-state index in [-0.39, 0.29) is 10.8 Å². The molecule has 0 heterocycles. The van der Waals surface area contributed by atoms with E-state index in [2.05, 4.69) is 10.0 Å². The number of anilines is 1. The summed E-state index contributed by atoms with van der Waals surface area (Å²) in [6.07, 6.45) is 0.999. The van der Waals surface area contributed by atoms with Gasteiger partial charge in [0.15, 0.2) is 0 Å². The van der Waals surface area contributed by atoms with Crippen molar-refractivity contribution in [3.05, 3.63) is 24.3 Å². The lowest BCUT2D eigenvalue weighted by molar-refractivity contribution is -0.115. The highest BCUT2D eigenvalue weighted by Gasteiger charge is 2.13. The second-order valence-corrected chi connectivity index (χ2v) is 6.14. The zero-order valence-electron chi connectivity index (χ0n) is 12.4. The molecule has 0 fully saturated rings. The van der Waals surface area contributed by atoms with Gasteiger partial charge in [0.25, 0.3) is 0 Å². The van der Waals surface area contributed by atoms with Crippen LogP contribution in [-0.2, 0) is 19.6 Å². The van der Waals surface area contributed by atoms with Gasteiger partial charge in [-0.05, 0) is 37.6 Å². The molecule has 118 valence electrons. The van der Waals surface area contributed by atoms with E-state index < -0.39 is 10.0 Å². The Bertz CT molecular complexity index is 541. The molecule has 0 bridgehead atoms. The third-order valence-corrected chi connectivity index (χ3v) is 4.21. The van der Waals surface area contributed by atoms with Gasteiger partial charge in [0.1, 0.15) is 0 Å². The highest BCUT2D eigenvalue weighted by Crippen LogP contribution is 2.14. The number of nitrogens with one attached hydrogen (secondary N) is 2. The van der Waals surface area contributed by atoms with Crippen molar-refractivity contribution < 1.29 is 17.9 Å². The van der Waals surface area contributed by atoms with E-state index in [0.717, 1.165) is 0 Å². The van der Waals surface area contributed by atoms with E-state index >= 15 is 0 Å². The third kappa shape index (κ3) is 6.24. The number of hydrogen-bond donors (Lipinski definition) is 2. The SMILES string of the molecule is CCOCCCNS(=O)(=O)c1ccc(NC(=O)CC)cc1. The summed E-state index contributed by atoms with van der Waals surface area (Å²) in [4.78, 5) is 11.4.